The number of nitrogens with zero attached hydrogens (tertiary/aromatic N) is 1. The summed E-state index contributed by atoms with van der Waals surface area (Å²) in [7, 11) is 0. The number of carboxylic acid groups (broad SMARTS) is 1. The Hall–Kier alpha value is -2.16. The van der Waals surface area contributed by atoms with Gasteiger partial charge in [0.05, 0.1) is 17.9 Å². The fraction of sp³-hybridized carbons (Fsp3) is 0.533. The molecule has 1 aliphatic rings. The van der Waals surface area contributed by atoms with E-state index in [4.69, 9.17) is 4.74 Å². The van der Waals surface area contributed by atoms with Crippen LogP contribution in [0.5, 0.6) is 0 Å². The minimum Gasteiger partial charge on any atom is -0.480 e. The molecule has 0 bridgehead atoms. The van der Waals surface area contributed by atoms with Gasteiger partial charge in [-0.1, -0.05) is 0 Å². The Morgan fingerprint density at radius 2 is 2.12 bits per heavy atom. The second-order valence-corrected chi connectivity index (χ2v) is 5.59. The van der Waals surface area contributed by atoms with Crippen molar-refractivity contribution < 1.29 is 32.6 Å². The van der Waals surface area contributed by atoms with Crippen LogP contribution in [0.4, 0.5) is 13.2 Å². The fourth-order valence-electron chi connectivity index (χ4n) is 2.59. The highest BCUT2D eigenvalue weighted by Gasteiger charge is 2.34. The highest BCUT2D eigenvalue weighted by molar-refractivity contribution is 5.97. The third-order valence-electron chi connectivity index (χ3n) is 3.84. The number of carbonyl (C=O) groups excluding carboxylic acids is 1. The molecule has 0 aromatic carbocycles. The lowest BCUT2D eigenvalue weighted by molar-refractivity contribution is -0.142. The van der Waals surface area contributed by atoms with Crippen LogP contribution in [-0.4, -0.2) is 41.2 Å². The third-order valence-corrected chi connectivity index (χ3v) is 3.84. The van der Waals surface area contributed by atoms with E-state index in [2.05, 4.69) is 10.3 Å². The maximum absolute atomic E-state index is 12.6. The topological polar surface area (TPSA) is 88.5 Å². The van der Waals surface area contributed by atoms with Gasteiger partial charge in [-0.05, 0) is 31.9 Å². The Kier molecular flexibility index (Phi) is 5.43. The van der Waals surface area contributed by atoms with Gasteiger partial charge >= 0.3 is 12.1 Å². The molecule has 2 atom stereocenters. The molecule has 24 heavy (non-hydrogen) atoms. The number of pyridine rings is 1. The summed E-state index contributed by atoms with van der Waals surface area (Å²) in [6.45, 7) is 2.02. The summed E-state index contributed by atoms with van der Waals surface area (Å²) in [5.41, 5.74) is -1.32. The molecule has 9 heteroatoms. The van der Waals surface area contributed by atoms with E-state index in [0.717, 1.165) is 6.07 Å². The number of aryl methyl sites for hydroxylation is 1. The van der Waals surface area contributed by atoms with Gasteiger partial charge in [0.2, 0.25) is 0 Å². The van der Waals surface area contributed by atoms with Crippen molar-refractivity contribution in [1.29, 1.82) is 0 Å². The van der Waals surface area contributed by atoms with Crippen molar-refractivity contribution in [3.8, 4) is 0 Å². The van der Waals surface area contributed by atoms with Crippen molar-refractivity contribution in [2.45, 2.75) is 32.0 Å². The average molecular weight is 346 g/mol. The van der Waals surface area contributed by atoms with Crippen LogP contribution in [0, 0.1) is 12.8 Å². The lowest BCUT2D eigenvalue weighted by Crippen LogP contribution is -2.48. The van der Waals surface area contributed by atoms with Crippen LogP contribution in [-0.2, 0) is 15.7 Å². The van der Waals surface area contributed by atoms with E-state index in [0.29, 0.717) is 25.5 Å². The SMILES string of the molecule is Cc1nc(C(F)(F)F)ccc1C(=O)NC(C(=O)O)C1CCCOC1. The van der Waals surface area contributed by atoms with Crippen LogP contribution in [0.15, 0.2) is 12.1 Å². The number of alkyl halides is 3. The number of halogens is 3. The maximum Gasteiger partial charge on any atom is 0.433 e. The van der Waals surface area contributed by atoms with Gasteiger partial charge in [-0.15, -0.1) is 0 Å². The van der Waals surface area contributed by atoms with Gasteiger partial charge in [-0.25, -0.2) is 9.78 Å². The first-order valence-electron chi connectivity index (χ1n) is 7.36. The number of nitrogens with one attached hydrogen (secondary N) is 1. The van der Waals surface area contributed by atoms with Gasteiger partial charge in [-0.2, -0.15) is 13.2 Å². The van der Waals surface area contributed by atoms with E-state index >= 15 is 0 Å². The number of aromatic nitrogens is 1. The van der Waals surface area contributed by atoms with Gasteiger partial charge in [-0.3, -0.25) is 4.79 Å². The van der Waals surface area contributed by atoms with Crippen molar-refractivity contribution in [3.63, 3.8) is 0 Å². The van der Waals surface area contributed by atoms with Crippen molar-refractivity contribution >= 4 is 11.9 Å². The Morgan fingerprint density at radius 1 is 1.42 bits per heavy atom. The molecule has 2 heterocycles. The van der Waals surface area contributed by atoms with Gasteiger partial charge in [0.25, 0.3) is 5.91 Å². The largest absolute Gasteiger partial charge is 0.480 e. The quantitative estimate of drug-likeness (QED) is 0.871. The minimum atomic E-state index is -4.61. The standard InChI is InChI=1S/C15H17F3N2O4/c1-8-10(4-5-11(19-8)15(16,17)18)13(21)20-12(14(22)23)9-3-2-6-24-7-9/h4-5,9,12H,2-3,6-7H2,1H3,(H,20,21)(H,22,23). The normalized spacial score (nSPS) is 19.6. The summed E-state index contributed by atoms with van der Waals surface area (Å²) in [6, 6.07) is 0.526. The number of amides is 1. The molecule has 0 spiro atoms. The molecule has 1 amide bonds. The average Bonchev–Trinajstić information content (AvgIpc) is 2.52. The van der Waals surface area contributed by atoms with E-state index in [1.54, 1.807) is 0 Å². The first-order valence-corrected chi connectivity index (χ1v) is 7.36. The molecule has 0 radical (unpaired) electrons. The highest BCUT2D eigenvalue weighted by atomic mass is 19.4. The number of carboxylic acids is 1. The summed E-state index contributed by atoms with van der Waals surface area (Å²) in [4.78, 5) is 27.0. The molecule has 1 aromatic heterocycles. The molecular weight excluding hydrogens is 329 g/mol. The molecular formula is C15H17F3N2O4. The van der Waals surface area contributed by atoms with E-state index < -0.39 is 29.8 Å². The molecule has 132 valence electrons. The first-order chi connectivity index (χ1) is 11.2. The number of carbonyl (C=O) groups is 2. The van der Waals surface area contributed by atoms with Crippen LogP contribution in [0.2, 0.25) is 0 Å². The predicted molar refractivity (Wildman–Crippen MR) is 76.4 cm³/mol. The molecule has 0 saturated carbocycles. The number of hydrogen-bond acceptors (Lipinski definition) is 4. The number of rotatable bonds is 4. The Morgan fingerprint density at radius 3 is 2.62 bits per heavy atom. The second-order valence-electron chi connectivity index (χ2n) is 5.59. The van der Waals surface area contributed by atoms with E-state index in [1.165, 1.54) is 6.92 Å². The second kappa shape index (κ2) is 7.16. The van der Waals surface area contributed by atoms with E-state index in [-0.39, 0.29) is 23.8 Å². The van der Waals surface area contributed by atoms with Gasteiger partial charge < -0.3 is 15.2 Å². The summed E-state index contributed by atoms with van der Waals surface area (Å²) in [5, 5.41) is 11.7. The van der Waals surface area contributed by atoms with Crippen molar-refractivity contribution in [2.24, 2.45) is 5.92 Å². The maximum atomic E-state index is 12.6. The lowest BCUT2D eigenvalue weighted by Gasteiger charge is -2.28. The van der Waals surface area contributed by atoms with Crippen molar-refractivity contribution in [1.82, 2.24) is 10.3 Å². The molecule has 1 saturated heterocycles. The molecule has 1 aliphatic heterocycles. The predicted octanol–water partition coefficient (Wildman–Crippen LogP) is 2.02. The molecule has 6 nitrogen and oxygen atoms in total. The summed E-state index contributed by atoms with van der Waals surface area (Å²) in [6.07, 6.45) is -3.34. The van der Waals surface area contributed by atoms with Crippen LogP contribution in [0.25, 0.3) is 0 Å². The Labute approximate surface area is 136 Å². The highest BCUT2D eigenvalue weighted by Crippen LogP contribution is 2.28. The van der Waals surface area contributed by atoms with Crippen LogP contribution < -0.4 is 5.32 Å². The lowest BCUT2D eigenvalue weighted by atomic mass is 9.93. The molecule has 2 unspecified atom stereocenters. The molecule has 0 aliphatic carbocycles. The van der Waals surface area contributed by atoms with Gasteiger partial charge in [0, 0.05) is 12.5 Å². The molecule has 2 N–H and O–H groups in total. The number of aliphatic carboxylic acids is 1. The smallest absolute Gasteiger partial charge is 0.433 e. The molecule has 1 aromatic rings. The summed E-state index contributed by atoms with van der Waals surface area (Å²) >= 11 is 0. The van der Waals surface area contributed by atoms with Crippen LogP contribution >= 0.6 is 0 Å². The first kappa shape index (κ1) is 18.2. The molecule has 1 fully saturated rings. The summed E-state index contributed by atoms with van der Waals surface area (Å²) < 4.78 is 43.0. The number of hydrogen-bond donors (Lipinski definition) is 2. The fourth-order valence-corrected chi connectivity index (χ4v) is 2.59. The third kappa shape index (κ3) is 4.22. The van der Waals surface area contributed by atoms with Gasteiger partial charge in [0.1, 0.15) is 11.7 Å². The Balaban J connectivity index is 2.16. The Bertz CT molecular complexity index is 628. The van der Waals surface area contributed by atoms with E-state index in [9.17, 15) is 27.9 Å². The van der Waals surface area contributed by atoms with E-state index in [1.807, 2.05) is 0 Å². The zero-order chi connectivity index (χ0) is 17.9. The van der Waals surface area contributed by atoms with Crippen molar-refractivity contribution in [3.05, 3.63) is 29.1 Å². The number of ether oxygens (including phenoxy) is 1. The monoisotopic (exact) mass is 346 g/mol. The molecule has 2 rings (SSSR count). The van der Waals surface area contributed by atoms with Crippen LogP contribution in [0.3, 0.4) is 0 Å². The van der Waals surface area contributed by atoms with Crippen LogP contribution in [0.1, 0.15) is 34.6 Å². The zero-order valence-electron chi connectivity index (χ0n) is 12.9. The summed E-state index contributed by atoms with van der Waals surface area (Å²) in [5.74, 6) is -2.37. The minimum absolute atomic E-state index is 0.0917. The van der Waals surface area contributed by atoms with Crippen molar-refractivity contribution in [2.75, 3.05) is 13.2 Å². The zero-order valence-corrected chi connectivity index (χ0v) is 12.9. The van der Waals surface area contributed by atoms with Gasteiger partial charge in [0.15, 0.2) is 0 Å².